The molecule has 0 saturated carbocycles. The van der Waals surface area contributed by atoms with Crippen LogP contribution in [0.1, 0.15) is 19.8 Å². The Hall–Kier alpha value is -0.790. The van der Waals surface area contributed by atoms with Crippen LogP contribution in [-0.4, -0.2) is 12.6 Å². The third kappa shape index (κ3) is 1.59. The van der Waals surface area contributed by atoms with Gasteiger partial charge < -0.3 is 4.74 Å². The zero-order valence-electron chi connectivity index (χ0n) is 6.12. The highest BCUT2D eigenvalue weighted by atomic mass is 16.5. The van der Waals surface area contributed by atoms with E-state index in [1.807, 2.05) is 0 Å². The molecule has 0 saturated heterocycles. The summed E-state index contributed by atoms with van der Waals surface area (Å²) in [6.45, 7) is 2.64. The van der Waals surface area contributed by atoms with E-state index < -0.39 is 0 Å². The number of rotatable bonds is 2. The molecule has 1 aliphatic carbocycles. The van der Waals surface area contributed by atoms with Crippen LogP contribution in [0, 0.1) is 5.92 Å². The van der Waals surface area contributed by atoms with Gasteiger partial charge in [0.25, 0.3) is 6.47 Å². The first-order valence-corrected chi connectivity index (χ1v) is 3.58. The summed E-state index contributed by atoms with van der Waals surface area (Å²) in [6.07, 6.45) is 6.21. The van der Waals surface area contributed by atoms with E-state index in [2.05, 4.69) is 19.1 Å². The molecule has 0 aromatic rings. The summed E-state index contributed by atoms with van der Waals surface area (Å²) in [6, 6.07) is 0. The van der Waals surface area contributed by atoms with Gasteiger partial charge in [-0.15, -0.1) is 0 Å². The van der Waals surface area contributed by atoms with Crippen LogP contribution in [-0.2, 0) is 9.53 Å². The van der Waals surface area contributed by atoms with Crippen LogP contribution >= 0.6 is 0 Å². The summed E-state index contributed by atoms with van der Waals surface area (Å²) < 4.78 is 4.86. The van der Waals surface area contributed by atoms with Gasteiger partial charge in [0.2, 0.25) is 0 Å². The Morgan fingerprint density at radius 2 is 2.20 bits per heavy atom. The monoisotopic (exact) mass is 140 g/mol. The lowest BCUT2D eigenvalue weighted by Gasteiger charge is -2.22. The van der Waals surface area contributed by atoms with Gasteiger partial charge in [0.15, 0.2) is 0 Å². The van der Waals surface area contributed by atoms with Crippen LogP contribution in [0.4, 0.5) is 0 Å². The summed E-state index contributed by atoms with van der Waals surface area (Å²) in [5.41, 5.74) is 0. The standard InChI is InChI=1S/C8H12O2/c1-7-4-2-3-5-8(7)10-6-9/h2-3,6-8H,4-5H2,1H3/t7-,8?/m1/s1. The van der Waals surface area contributed by atoms with Crippen molar-refractivity contribution in [3.63, 3.8) is 0 Å². The van der Waals surface area contributed by atoms with Crippen LogP contribution in [0.2, 0.25) is 0 Å². The quantitative estimate of drug-likeness (QED) is 0.429. The Kier molecular flexibility index (Phi) is 2.49. The zero-order valence-corrected chi connectivity index (χ0v) is 6.12. The second-order valence-electron chi connectivity index (χ2n) is 2.69. The fraction of sp³-hybridized carbons (Fsp3) is 0.625. The molecule has 0 aliphatic heterocycles. The van der Waals surface area contributed by atoms with Crippen molar-refractivity contribution in [3.05, 3.63) is 12.2 Å². The van der Waals surface area contributed by atoms with Crippen molar-refractivity contribution in [3.8, 4) is 0 Å². The number of ether oxygens (including phenoxy) is 1. The molecule has 0 aromatic heterocycles. The van der Waals surface area contributed by atoms with E-state index in [9.17, 15) is 4.79 Å². The second-order valence-corrected chi connectivity index (χ2v) is 2.69. The molecule has 0 radical (unpaired) electrons. The van der Waals surface area contributed by atoms with E-state index >= 15 is 0 Å². The van der Waals surface area contributed by atoms with Gasteiger partial charge in [-0.05, 0) is 12.3 Å². The van der Waals surface area contributed by atoms with E-state index in [1.165, 1.54) is 0 Å². The van der Waals surface area contributed by atoms with E-state index in [-0.39, 0.29) is 6.10 Å². The predicted molar refractivity (Wildman–Crippen MR) is 38.5 cm³/mol. The van der Waals surface area contributed by atoms with Crippen LogP contribution in [0.5, 0.6) is 0 Å². The average molecular weight is 140 g/mol. The van der Waals surface area contributed by atoms with Crippen LogP contribution in [0.25, 0.3) is 0 Å². The van der Waals surface area contributed by atoms with Crippen molar-refractivity contribution in [2.24, 2.45) is 5.92 Å². The summed E-state index contributed by atoms with van der Waals surface area (Å²) >= 11 is 0. The van der Waals surface area contributed by atoms with Gasteiger partial charge in [0.1, 0.15) is 6.10 Å². The molecule has 0 fully saturated rings. The lowest BCUT2D eigenvalue weighted by molar-refractivity contribution is -0.135. The molecule has 1 aliphatic rings. The summed E-state index contributed by atoms with van der Waals surface area (Å²) in [4.78, 5) is 9.97. The molecule has 1 unspecified atom stereocenters. The molecule has 1 rings (SSSR count). The molecule has 10 heavy (non-hydrogen) atoms. The van der Waals surface area contributed by atoms with Crippen LogP contribution in [0.15, 0.2) is 12.2 Å². The second kappa shape index (κ2) is 3.40. The molecule has 0 heterocycles. The lowest BCUT2D eigenvalue weighted by atomic mass is 9.93. The van der Waals surface area contributed by atoms with Crippen LogP contribution < -0.4 is 0 Å². The highest BCUT2D eigenvalue weighted by molar-refractivity contribution is 5.37. The molecule has 0 bridgehead atoms. The van der Waals surface area contributed by atoms with Crippen molar-refractivity contribution in [2.75, 3.05) is 0 Å². The molecule has 2 heteroatoms. The fourth-order valence-corrected chi connectivity index (χ4v) is 1.19. The molecule has 0 aromatic carbocycles. The van der Waals surface area contributed by atoms with Gasteiger partial charge >= 0.3 is 0 Å². The van der Waals surface area contributed by atoms with Gasteiger partial charge in [-0.2, -0.15) is 0 Å². The molecular formula is C8H12O2. The SMILES string of the molecule is C[C@@H]1CC=CCC1OC=O. The van der Waals surface area contributed by atoms with Crippen molar-refractivity contribution >= 4 is 6.47 Å². The first-order chi connectivity index (χ1) is 4.84. The van der Waals surface area contributed by atoms with E-state index in [1.54, 1.807) is 0 Å². The Morgan fingerprint density at radius 1 is 1.50 bits per heavy atom. The minimum absolute atomic E-state index is 0.113. The minimum Gasteiger partial charge on any atom is -0.464 e. The van der Waals surface area contributed by atoms with Gasteiger partial charge in [-0.3, -0.25) is 4.79 Å². The zero-order chi connectivity index (χ0) is 7.40. The number of allylic oxidation sites excluding steroid dienone is 1. The van der Waals surface area contributed by atoms with Gasteiger partial charge in [-0.1, -0.05) is 19.1 Å². The first-order valence-electron chi connectivity index (χ1n) is 3.58. The number of carbonyl (C=O) groups excluding carboxylic acids is 1. The predicted octanol–water partition coefficient (Wildman–Crippen LogP) is 1.51. The van der Waals surface area contributed by atoms with E-state index in [0.29, 0.717) is 12.4 Å². The molecule has 2 atom stereocenters. The number of carbonyl (C=O) groups is 1. The highest BCUT2D eigenvalue weighted by Gasteiger charge is 2.18. The maximum atomic E-state index is 9.97. The average Bonchev–Trinajstić information content (AvgIpc) is 1.94. The van der Waals surface area contributed by atoms with E-state index in [0.717, 1.165) is 12.8 Å². The summed E-state index contributed by atoms with van der Waals surface area (Å²) in [5, 5.41) is 0. The lowest BCUT2D eigenvalue weighted by Crippen LogP contribution is -2.22. The Bertz CT molecular complexity index is 140. The Morgan fingerprint density at radius 3 is 2.80 bits per heavy atom. The molecule has 0 N–H and O–H groups in total. The molecule has 0 amide bonds. The number of hydrogen-bond acceptors (Lipinski definition) is 2. The van der Waals surface area contributed by atoms with Crippen molar-refractivity contribution in [1.29, 1.82) is 0 Å². The molecular weight excluding hydrogens is 128 g/mol. The smallest absolute Gasteiger partial charge is 0.293 e. The van der Waals surface area contributed by atoms with Crippen LogP contribution in [0.3, 0.4) is 0 Å². The normalized spacial score (nSPS) is 31.7. The van der Waals surface area contributed by atoms with E-state index in [4.69, 9.17) is 4.74 Å². The largest absolute Gasteiger partial charge is 0.464 e. The molecule has 56 valence electrons. The fourth-order valence-electron chi connectivity index (χ4n) is 1.19. The first kappa shape index (κ1) is 7.32. The molecule has 2 nitrogen and oxygen atoms in total. The van der Waals surface area contributed by atoms with Gasteiger partial charge in [0.05, 0.1) is 0 Å². The molecule has 0 spiro atoms. The topological polar surface area (TPSA) is 26.3 Å². The number of hydrogen-bond donors (Lipinski definition) is 0. The Labute approximate surface area is 60.9 Å². The third-order valence-electron chi connectivity index (χ3n) is 1.91. The summed E-state index contributed by atoms with van der Waals surface area (Å²) in [7, 11) is 0. The maximum absolute atomic E-state index is 9.97. The van der Waals surface area contributed by atoms with Crippen molar-refractivity contribution in [1.82, 2.24) is 0 Å². The third-order valence-corrected chi connectivity index (χ3v) is 1.91. The van der Waals surface area contributed by atoms with Gasteiger partial charge in [0, 0.05) is 6.42 Å². The minimum atomic E-state index is 0.113. The summed E-state index contributed by atoms with van der Waals surface area (Å²) in [5.74, 6) is 0.482. The Balaban J connectivity index is 2.42. The van der Waals surface area contributed by atoms with Gasteiger partial charge in [-0.25, -0.2) is 0 Å². The maximum Gasteiger partial charge on any atom is 0.293 e. The highest BCUT2D eigenvalue weighted by Crippen LogP contribution is 2.20. The van der Waals surface area contributed by atoms with Crippen molar-refractivity contribution < 1.29 is 9.53 Å². The van der Waals surface area contributed by atoms with Crippen molar-refractivity contribution in [2.45, 2.75) is 25.9 Å².